The molecule has 2 amide bonds. The average molecular weight is 837 g/mol. The lowest BCUT2D eigenvalue weighted by Crippen LogP contribution is -2.69. The molecule has 0 bridgehead atoms. The minimum atomic E-state index is -5.12. The minimum absolute atomic E-state index is 0.0502. The van der Waals surface area contributed by atoms with Crippen molar-refractivity contribution in [2.75, 3.05) is 26.4 Å². The van der Waals surface area contributed by atoms with Crippen LogP contribution in [0.2, 0.25) is 0 Å². The Hall–Kier alpha value is -4.90. The molecule has 1 aromatic rings. The number of rotatable bonds is 18. The smallest absolute Gasteiger partial charge is 0.463 e. The zero-order valence-electron chi connectivity index (χ0n) is 32.5. The molecule has 2 N–H and O–H groups in total. The summed E-state index contributed by atoms with van der Waals surface area (Å²) in [5, 5.41) is 4.22. The van der Waals surface area contributed by atoms with Gasteiger partial charge in [0.2, 0.25) is 5.91 Å². The third kappa shape index (κ3) is 15.1. The fourth-order valence-electron chi connectivity index (χ4n) is 5.96. The molecule has 10 atom stereocenters. The fraction of sp³-hybridized carbons (Fsp3) is 0.639. The molecule has 324 valence electrons. The number of alkyl halides is 3. The number of ether oxygens (including phenoxy) is 10. The Morgan fingerprint density at radius 1 is 0.672 bits per heavy atom. The lowest BCUT2D eigenvalue weighted by Gasteiger charge is -2.49. The van der Waals surface area contributed by atoms with E-state index in [2.05, 4.69) is 5.32 Å². The number of carbonyl (C=O) groups excluding carboxylic acids is 7. The predicted octanol–water partition coefficient (Wildman–Crippen LogP) is 0.918. The molecule has 3 rings (SSSR count). The minimum Gasteiger partial charge on any atom is -0.463 e. The molecule has 2 aliphatic heterocycles. The van der Waals surface area contributed by atoms with Crippen LogP contribution in [0.5, 0.6) is 0 Å². The Morgan fingerprint density at radius 2 is 1.22 bits per heavy atom. The Kier molecular flexibility index (Phi) is 18.3. The van der Waals surface area contributed by atoms with E-state index in [4.69, 9.17) is 47.4 Å². The lowest BCUT2D eigenvalue weighted by atomic mass is 9.94. The normalized spacial score (nSPS) is 27.0. The van der Waals surface area contributed by atoms with E-state index in [1.54, 1.807) is 35.6 Å². The van der Waals surface area contributed by atoms with Crippen molar-refractivity contribution in [3.8, 4) is 0 Å². The number of hydrogen-bond acceptors (Lipinski definition) is 17. The first-order chi connectivity index (χ1) is 27.3. The van der Waals surface area contributed by atoms with Gasteiger partial charge in [-0.3, -0.25) is 33.6 Å². The molecular weight excluding hydrogens is 789 g/mol. The molecule has 0 radical (unpaired) electrons. The fourth-order valence-corrected chi connectivity index (χ4v) is 5.96. The van der Waals surface area contributed by atoms with Gasteiger partial charge in [0.25, 0.3) is 0 Å². The molecule has 2 heterocycles. The van der Waals surface area contributed by atoms with Gasteiger partial charge in [0.15, 0.2) is 37.0 Å². The molecule has 58 heavy (non-hydrogen) atoms. The monoisotopic (exact) mass is 836 g/mol. The van der Waals surface area contributed by atoms with Crippen molar-refractivity contribution in [3.05, 3.63) is 35.9 Å². The van der Waals surface area contributed by atoms with Crippen molar-refractivity contribution in [1.29, 1.82) is 0 Å². The first kappa shape index (κ1) is 47.5. The van der Waals surface area contributed by atoms with Gasteiger partial charge in [-0.2, -0.15) is 13.2 Å². The van der Waals surface area contributed by atoms with E-state index in [0.717, 1.165) is 47.1 Å². The number of nitrogens with one attached hydrogen (secondary N) is 2. The second kappa shape index (κ2) is 22.3. The van der Waals surface area contributed by atoms with E-state index in [1.807, 2.05) is 0 Å². The molecule has 0 spiro atoms. The van der Waals surface area contributed by atoms with Crippen LogP contribution in [0.4, 0.5) is 13.2 Å². The first-order valence-corrected chi connectivity index (χ1v) is 17.9. The van der Waals surface area contributed by atoms with Crippen LogP contribution < -0.4 is 10.6 Å². The van der Waals surface area contributed by atoms with Gasteiger partial charge < -0.3 is 58.0 Å². The predicted molar refractivity (Wildman–Crippen MR) is 184 cm³/mol. The van der Waals surface area contributed by atoms with Crippen molar-refractivity contribution >= 4 is 41.7 Å². The molecule has 0 unspecified atom stereocenters. The third-order valence-electron chi connectivity index (χ3n) is 8.10. The number of halogens is 3. The molecule has 1 aromatic carbocycles. The van der Waals surface area contributed by atoms with Gasteiger partial charge >= 0.3 is 41.9 Å². The average Bonchev–Trinajstić information content (AvgIpc) is 3.11. The molecule has 22 heteroatoms. The number of amides is 2. The third-order valence-corrected chi connectivity index (χ3v) is 8.10. The van der Waals surface area contributed by atoms with Crippen LogP contribution in [0, 0.1) is 0 Å². The summed E-state index contributed by atoms with van der Waals surface area (Å²) in [4.78, 5) is 85.7. The maximum Gasteiger partial charge on any atom is 0.471 e. The summed E-state index contributed by atoms with van der Waals surface area (Å²) in [5.74, 6) is -7.24. The van der Waals surface area contributed by atoms with Crippen molar-refractivity contribution < 1.29 is 94.1 Å². The Balaban J connectivity index is 2.05. The van der Waals surface area contributed by atoms with Crippen molar-refractivity contribution in [3.63, 3.8) is 0 Å². The number of carbonyl (C=O) groups is 7. The lowest BCUT2D eigenvalue weighted by molar-refractivity contribution is -0.351. The maximum atomic E-state index is 12.6. The van der Waals surface area contributed by atoms with Crippen LogP contribution in [-0.4, -0.2) is 136 Å². The highest BCUT2D eigenvalue weighted by Crippen LogP contribution is 2.35. The second-order valence-electron chi connectivity index (χ2n) is 13.0. The molecule has 0 aliphatic carbocycles. The number of esters is 5. The van der Waals surface area contributed by atoms with E-state index in [9.17, 15) is 46.7 Å². The number of hydrogen-bond donors (Lipinski definition) is 2. The molecule has 0 aromatic heterocycles. The van der Waals surface area contributed by atoms with Gasteiger partial charge in [-0.05, 0) is 12.0 Å². The standard InChI is InChI=1S/C36H47F3N2O17/c1-18(42)41-27-30(53-21(4)45)28(26(17-51-19(2)43)56-33(27)50-14-10-13-40-35(48)36(37,38)39)58-34-32(55-23(6)47)31(54-22(5)46)29(52-20(3)44)25(57-34)16-49-15-24-11-8-7-9-12-24/h7-9,11-12,25-34H,10,13-17H2,1-6H3,(H,40,48)(H,41,42)/t25-,26-,27-,28-,29+,30-,31+,32-,33-,34+/m0/s1. The van der Waals surface area contributed by atoms with Gasteiger partial charge in [-0.15, -0.1) is 0 Å². The van der Waals surface area contributed by atoms with Crippen LogP contribution in [0.15, 0.2) is 30.3 Å². The summed E-state index contributed by atoms with van der Waals surface area (Å²) in [5.41, 5.74) is 0.758. The molecule has 19 nitrogen and oxygen atoms in total. The zero-order chi connectivity index (χ0) is 43.2. The van der Waals surface area contributed by atoms with Crippen LogP contribution in [-0.2, 0) is 87.5 Å². The molecule has 0 saturated carbocycles. The van der Waals surface area contributed by atoms with Gasteiger partial charge in [-0.25, -0.2) is 0 Å². The summed E-state index contributed by atoms with van der Waals surface area (Å²) in [6, 6.07) is 7.48. The summed E-state index contributed by atoms with van der Waals surface area (Å²) in [7, 11) is 0. The van der Waals surface area contributed by atoms with Crippen molar-refractivity contribution in [2.45, 2.75) is 122 Å². The largest absolute Gasteiger partial charge is 0.471 e. The highest BCUT2D eigenvalue weighted by Gasteiger charge is 2.57. The highest BCUT2D eigenvalue weighted by atomic mass is 19.4. The van der Waals surface area contributed by atoms with Crippen LogP contribution in [0.25, 0.3) is 0 Å². The van der Waals surface area contributed by atoms with E-state index in [-0.39, 0.29) is 26.2 Å². The van der Waals surface area contributed by atoms with Crippen molar-refractivity contribution in [1.82, 2.24) is 10.6 Å². The van der Waals surface area contributed by atoms with Gasteiger partial charge in [-0.1, -0.05) is 30.3 Å². The maximum absolute atomic E-state index is 12.6. The Morgan fingerprint density at radius 3 is 1.79 bits per heavy atom. The first-order valence-electron chi connectivity index (χ1n) is 17.9. The quantitative estimate of drug-likeness (QED) is 0.119. The molecule has 2 saturated heterocycles. The van der Waals surface area contributed by atoms with Gasteiger partial charge in [0, 0.05) is 48.1 Å². The Labute approximate surface area is 330 Å². The molecule has 2 aliphatic rings. The van der Waals surface area contributed by atoms with Gasteiger partial charge in [0.1, 0.15) is 31.0 Å². The second-order valence-corrected chi connectivity index (χ2v) is 13.0. The van der Waals surface area contributed by atoms with E-state index < -0.39 is 122 Å². The van der Waals surface area contributed by atoms with Crippen LogP contribution in [0.3, 0.4) is 0 Å². The van der Waals surface area contributed by atoms with Crippen molar-refractivity contribution in [2.24, 2.45) is 0 Å². The summed E-state index contributed by atoms with van der Waals surface area (Å²) >= 11 is 0. The van der Waals surface area contributed by atoms with E-state index >= 15 is 0 Å². The summed E-state index contributed by atoms with van der Waals surface area (Å²) in [6.45, 7) is 4.62. The highest BCUT2D eigenvalue weighted by molar-refractivity contribution is 5.81. The van der Waals surface area contributed by atoms with E-state index in [0.29, 0.717) is 0 Å². The topological polar surface area (TPSA) is 236 Å². The summed E-state index contributed by atoms with van der Waals surface area (Å²) < 4.78 is 95.8. The van der Waals surface area contributed by atoms with Crippen LogP contribution >= 0.6 is 0 Å². The van der Waals surface area contributed by atoms with Crippen LogP contribution in [0.1, 0.15) is 53.5 Å². The SMILES string of the molecule is CC(=O)N[C@@H]1[C@@H](OCCCNC(=O)C(F)(F)F)O[C@@H](COC(C)=O)[C@H](O[C@H]2O[C@@H](COCc3ccccc3)[C@@H](OC(C)=O)[C@@H](OC(C)=O)[C@@H]2OC(C)=O)[C@H]1OC(C)=O. The zero-order valence-corrected chi connectivity index (χ0v) is 32.5. The molecular formula is C36H47F3N2O17. The summed E-state index contributed by atoms with van der Waals surface area (Å²) in [6.07, 6.45) is -19.4. The number of benzene rings is 1. The molecule has 2 fully saturated rings. The Bertz CT molecular complexity index is 1580. The van der Waals surface area contributed by atoms with E-state index in [1.165, 1.54) is 0 Å². The van der Waals surface area contributed by atoms with Gasteiger partial charge in [0.05, 0.1) is 19.8 Å².